The van der Waals surface area contributed by atoms with Crippen molar-refractivity contribution in [3.05, 3.63) is 23.8 Å². The first kappa shape index (κ1) is 14.1. The molecule has 6 heteroatoms. The van der Waals surface area contributed by atoms with Crippen LogP contribution in [0.15, 0.2) is 18.2 Å². The molecule has 1 aliphatic rings. The van der Waals surface area contributed by atoms with Crippen molar-refractivity contribution in [2.24, 2.45) is 0 Å². The van der Waals surface area contributed by atoms with Gasteiger partial charge in [0.2, 0.25) is 10.0 Å². The lowest BCUT2D eigenvalue weighted by Gasteiger charge is -2.33. The smallest absolute Gasteiger partial charge is 0.235 e. The van der Waals surface area contributed by atoms with Gasteiger partial charge in [0.25, 0.3) is 0 Å². The summed E-state index contributed by atoms with van der Waals surface area (Å²) in [5.74, 6) is 0.738. The van der Waals surface area contributed by atoms with Crippen molar-refractivity contribution in [1.82, 2.24) is 0 Å². The van der Waals surface area contributed by atoms with E-state index in [2.05, 4.69) is 0 Å². The molecule has 0 saturated carbocycles. The molecule has 1 heterocycles. The van der Waals surface area contributed by atoms with Gasteiger partial charge in [-0.3, -0.25) is 4.31 Å². The number of rotatable bonds is 4. The summed E-state index contributed by atoms with van der Waals surface area (Å²) in [6, 6.07) is 5.11. The van der Waals surface area contributed by atoms with Gasteiger partial charge in [-0.25, -0.2) is 8.42 Å². The summed E-state index contributed by atoms with van der Waals surface area (Å²) in [7, 11) is -1.76. The first-order valence-electron chi connectivity index (χ1n) is 6.36. The summed E-state index contributed by atoms with van der Waals surface area (Å²) in [4.78, 5) is 0. The zero-order valence-electron chi connectivity index (χ0n) is 11.2. The van der Waals surface area contributed by atoms with Gasteiger partial charge in [0.05, 0.1) is 24.7 Å². The van der Waals surface area contributed by atoms with Gasteiger partial charge in [-0.2, -0.15) is 0 Å². The molecule has 0 saturated heterocycles. The molecule has 1 aliphatic heterocycles. The lowest BCUT2D eigenvalue weighted by atomic mass is 10.0. The van der Waals surface area contributed by atoms with E-state index < -0.39 is 16.1 Å². The molecular formula is C13H19NO4S. The van der Waals surface area contributed by atoms with E-state index in [1.165, 1.54) is 4.31 Å². The fourth-order valence-corrected chi connectivity index (χ4v) is 3.91. The van der Waals surface area contributed by atoms with Gasteiger partial charge in [0, 0.05) is 12.1 Å². The van der Waals surface area contributed by atoms with Gasteiger partial charge in [0.1, 0.15) is 5.75 Å². The Kier molecular flexibility index (Phi) is 4.01. The molecule has 106 valence electrons. The van der Waals surface area contributed by atoms with Crippen LogP contribution in [0.4, 0.5) is 5.69 Å². The minimum Gasteiger partial charge on any atom is -0.497 e. The monoisotopic (exact) mass is 285 g/mol. The third-order valence-corrected chi connectivity index (χ3v) is 5.24. The van der Waals surface area contributed by atoms with Crippen LogP contribution in [0.3, 0.4) is 0 Å². The van der Waals surface area contributed by atoms with Crippen LogP contribution in [0.1, 0.15) is 31.4 Å². The minimum absolute atomic E-state index is 0.120. The second-order valence-corrected chi connectivity index (χ2v) is 6.63. The zero-order chi connectivity index (χ0) is 14.0. The van der Waals surface area contributed by atoms with E-state index in [0.717, 1.165) is 0 Å². The molecule has 0 radical (unpaired) electrons. The van der Waals surface area contributed by atoms with Crippen molar-refractivity contribution in [1.29, 1.82) is 0 Å². The number of nitrogens with zero attached hydrogens (tertiary/aromatic N) is 1. The Bertz CT molecular complexity index is 556. The van der Waals surface area contributed by atoms with Crippen LogP contribution in [0.2, 0.25) is 0 Å². The standard InChI is InChI=1S/C13H19NO4S/c1-3-8-19(16,17)14-7-6-13(15)11-9-10(18-2)4-5-12(11)14/h4-5,9,13,15H,3,6-8H2,1-2H3. The quantitative estimate of drug-likeness (QED) is 0.914. The van der Waals surface area contributed by atoms with Crippen LogP contribution < -0.4 is 9.04 Å². The van der Waals surface area contributed by atoms with Gasteiger partial charge >= 0.3 is 0 Å². The molecule has 1 aromatic rings. The van der Waals surface area contributed by atoms with Crippen LogP contribution in [-0.4, -0.2) is 32.9 Å². The summed E-state index contributed by atoms with van der Waals surface area (Å²) in [6.07, 6.45) is 0.342. The molecule has 0 bridgehead atoms. The number of ether oxygens (including phenoxy) is 1. The van der Waals surface area contributed by atoms with E-state index in [-0.39, 0.29) is 5.75 Å². The minimum atomic E-state index is -3.31. The van der Waals surface area contributed by atoms with Gasteiger partial charge in [0.15, 0.2) is 0 Å². The summed E-state index contributed by atoms with van der Waals surface area (Å²) in [5, 5.41) is 10.0. The molecule has 5 nitrogen and oxygen atoms in total. The predicted octanol–water partition coefficient (Wildman–Crippen LogP) is 1.68. The van der Waals surface area contributed by atoms with Crippen LogP contribution in [0.5, 0.6) is 5.75 Å². The number of hydrogen-bond donors (Lipinski definition) is 1. The number of benzene rings is 1. The van der Waals surface area contributed by atoms with Gasteiger partial charge in [-0.15, -0.1) is 0 Å². The average molecular weight is 285 g/mol. The number of hydrogen-bond acceptors (Lipinski definition) is 4. The molecule has 0 fully saturated rings. The lowest BCUT2D eigenvalue weighted by molar-refractivity contribution is 0.166. The predicted molar refractivity (Wildman–Crippen MR) is 74.0 cm³/mol. The Morgan fingerprint density at radius 3 is 2.84 bits per heavy atom. The molecule has 0 amide bonds. The number of fused-ring (bicyclic) bond motifs is 1. The van der Waals surface area contributed by atoms with Crippen molar-refractivity contribution < 1.29 is 18.3 Å². The second-order valence-electron chi connectivity index (χ2n) is 4.62. The number of anilines is 1. The van der Waals surface area contributed by atoms with E-state index in [4.69, 9.17) is 4.74 Å². The summed E-state index contributed by atoms with van der Waals surface area (Å²) in [6.45, 7) is 2.16. The third kappa shape index (κ3) is 2.69. The highest BCUT2D eigenvalue weighted by Crippen LogP contribution is 2.37. The summed E-state index contributed by atoms with van der Waals surface area (Å²) in [5.41, 5.74) is 1.18. The van der Waals surface area contributed by atoms with Crippen molar-refractivity contribution in [3.63, 3.8) is 0 Å². The fourth-order valence-electron chi connectivity index (χ4n) is 2.33. The van der Waals surface area contributed by atoms with Crippen LogP contribution >= 0.6 is 0 Å². The summed E-state index contributed by atoms with van der Waals surface area (Å²) >= 11 is 0. The topological polar surface area (TPSA) is 66.8 Å². The molecular weight excluding hydrogens is 266 g/mol. The molecule has 1 unspecified atom stereocenters. The maximum Gasteiger partial charge on any atom is 0.235 e. The Hall–Kier alpha value is -1.27. The average Bonchev–Trinajstić information content (AvgIpc) is 2.38. The molecule has 1 atom stereocenters. The van der Waals surface area contributed by atoms with Gasteiger partial charge < -0.3 is 9.84 Å². The normalized spacial score (nSPS) is 19.1. The van der Waals surface area contributed by atoms with Crippen LogP contribution in [0.25, 0.3) is 0 Å². The van der Waals surface area contributed by atoms with Crippen LogP contribution in [-0.2, 0) is 10.0 Å². The van der Waals surface area contributed by atoms with E-state index >= 15 is 0 Å². The van der Waals surface area contributed by atoms with Crippen molar-refractivity contribution in [2.75, 3.05) is 23.7 Å². The Morgan fingerprint density at radius 1 is 1.47 bits per heavy atom. The molecule has 0 aliphatic carbocycles. The van der Waals surface area contributed by atoms with Gasteiger partial charge in [-0.1, -0.05) is 6.92 Å². The van der Waals surface area contributed by atoms with E-state index in [9.17, 15) is 13.5 Å². The first-order chi connectivity index (χ1) is 8.99. The largest absolute Gasteiger partial charge is 0.497 e. The number of aliphatic hydroxyl groups excluding tert-OH is 1. The van der Waals surface area contributed by atoms with E-state index in [0.29, 0.717) is 36.4 Å². The SMILES string of the molecule is CCCS(=O)(=O)N1CCC(O)c2cc(OC)ccc21. The molecule has 1 N–H and O–H groups in total. The molecule has 0 spiro atoms. The molecule has 1 aromatic carbocycles. The first-order valence-corrected chi connectivity index (χ1v) is 7.97. The highest BCUT2D eigenvalue weighted by atomic mass is 32.2. The molecule has 19 heavy (non-hydrogen) atoms. The van der Waals surface area contributed by atoms with E-state index in [1.54, 1.807) is 25.3 Å². The van der Waals surface area contributed by atoms with Gasteiger partial charge in [-0.05, 0) is 31.0 Å². The van der Waals surface area contributed by atoms with E-state index in [1.807, 2.05) is 6.92 Å². The highest BCUT2D eigenvalue weighted by molar-refractivity contribution is 7.92. The Morgan fingerprint density at radius 2 is 2.21 bits per heavy atom. The number of sulfonamides is 1. The third-order valence-electron chi connectivity index (χ3n) is 3.27. The zero-order valence-corrected chi connectivity index (χ0v) is 12.0. The van der Waals surface area contributed by atoms with Crippen molar-refractivity contribution in [2.45, 2.75) is 25.9 Å². The highest BCUT2D eigenvalue weighted by Gasteiger charge is 2.30. The fraction of sp³-hybridized carbons (Fsp3) is 0.538. The number of aliphatic hydroxyl groups is 1. The van der Waals surface area contributed by atoms with Crippen LogP contribution in [0, 0.1) is 0 Å². The van der Waals surface area contributed by atoms with Crippen molar-refractivity contribution in [3.8, 4) is 5.75 Å². The molecule has 0 aromatic heterocycles. The maximum absolute atomic E-state index is 12.2. The Balaban J connectivity index is 2.46. The Labute approximate surface area is 113 Å². The number of methoxy groups -OCH3 is 1. The maximum atomic E-state index is 12.2. The van der Waals surface area contributed by atoms with Crippen molar-refractivity contribution >= 4 is 15.7 Å². The lowest BCUT2D eigenvalue weighted by Crippen LogP contribution is -2.38. The second kappa shape index (κ2) is 5.38. The summed E-state index contributed by atoms with van der Waals surface area (Å²) < 4.78 is 31.0. The molecule has 2 rings (SSSR count).